The van der Waals surface area contributed by atoms with Gasteiger partial charge in [0.2, 0.25) is 5.91 Å². The molecule has 0 radical (unpaired) electrons. The van der Waals surface area contributed by atoms with E-state index in [1.807, 2.05) is 6.92 Å². The summed E-state index contributed by atoms with van der Waals surface area (Å²) < 4.78 is 14.1. The van der Waals surface area contributed by atoms with Gasteiger partial charge in [-0.15, -0.1) is 0 Å². The van der Waals surface area contributed by atoms with E-state index in [2.05, 4.69) is 20.1 Å². The van der Waals surface area contributed by atoms with Gasteiger partial charge in [0.05, 0.1) is 5.52 Å². The van der Waals surface area contributed by atoms with Gasteiger partial charge in [-0.25, -0.2) is 4.39 Å². The Morgan fingerprint density at radius 1 is 1.16 bits per heavy atom. The maximum atomic E-state index is 14.1. The fourth-order valence-corrected chi connectivity index (χ4v) is 5.75. The molecule has 5 rings (SSSR count). The number of hydrogen-bond acceptors (Lipinski definition) is 3. The Morgan fingerprint density at radius 2 is 2.03 bits per heavy atom. The van der Waals surface area contributed by atoms with E-state index < -0.39 is 0 Å². The lowest BCUT2D eigenvalue weighted by Crippen LogP contribution is -2.46. The molecule has 1 unspecified atom stereocenters. The molecule has 31 heavy (non-hydrogen) atoms. The van der Waals surface area contributed by atoms with Crippen LogP contribution in [-0.2, 0) is 4.79 Å². The van der Waals surface area contributed by atoms with Gasteiger partial charge in [0.15, 0.2) is 0 Å². The van der Waals surface area contributed by atoms with Crippen LogP contribution >= 0.6 is 0 Å². The number of halogens is 1. The van der Waals surface area contributed by atoms with E-state index in [-0.39, 0.29) is 17.8 Å². The van der Waals surface area contributed by atoms with Crippen LogP contribution in [0.25, 0.3) is 10.9 Å². The Hall–Kier alpha value is -2.41. The molecule has 2 aromatic rings. The number of rotatable bonds is 4. The average Bonchev–Trinajstić information content (AvgIpc) is 3.50. The van der Waals surface area contributed by atoms with Crippen LogP contribution in [0.4, 0.5) is 4.39 Å². The molecule has 0 spiro atoms. The number of carbonyl (C=O) groups excluding carboxylic acids is 2. The first-order chi connectivity index (χ1) is 15.0. The summed E-state index contributed by atoms with van der Waals surface area (Å²) in [6.07, 6.45) is 6.87. The van der Waals surface area contributed by atoms with Crippen LogP contribution in [0.5, 0.6) is 0 Å². The Labute approximate surface area is 182 Å². The fraction of sp³-hybridized carbons (Fsp3) is 0.583. The number of fused-ring (bicyclic) bond motifs is 1. The summed E-state index contributed by atoms with van der Waals surface area (Å²) in [5, 5.41) is 3.64. The number of aromatic nitrogens is 1. The Morgan fingerprint density at radius 3 is 2.81 bits per heavy atom. The highest BCUT2D eigenvalue weighted by Crippen LogP contribution is 2.29. The highest BCUT2D eigenvalue weighted by Gasteiger charge is 2.37. The third kappa shape index (κ3) is 3.95. The highest BCUT2D eigenvalue weighted by atomic mass is 19.1. The van der Waals surface area contributed by atoms with Gasteiger partial charge in [-0.3, -0.25) is 14.5 Å². The molecule has 1 saturated carbocycles. The van der Waals surface area contributed by atoms with Gasteiger partial charge < -0.3 is 15.2 Å². The van der Waals surface area contributed by atoms with Crippen LogP contribution in [0.1, 0.15) is 61.0 Å². The topological polar surface area (TPSA) is 68.4 Å². The molecular formula is C24H31FN4O2. The predicted molar refractivity (Wildman–Crippen MR) is 117 cm³/mol. The molecule has 1 aliphatic carbocycles. The number of carbonyl (C=O) groups is 2. The molecule has 0 bridgehead atoms. The van der Waals surface area contributed by atoms with Crippen LogP contribution in [0.3, 0.4) is 0 Å². The third-order valence-electron chi connectivity index (χ3n) is 7.44. The zero-order valence-electron chi connectivity index (χ0n) is 18.1. The SMILES string of the molecule is Cc1ccc(F)c2cc(C(=O)N[C@@H]3CCC[C@@H](N4CCC(N5CCCC5=O)C4)C3)[nH]c12. The molecule has 6 nitrogen and oxygen atoms in total. The van der Waals surface area contributed by atoms with Crippen LogP contribution in [-0.4, -0.2) is 64.4 Å². The first-order valence-electron chi connectivity index (χ1n) is 11.6. The van der Waals surface area contributed by atoms with Crippen molar-refractivity contribution in [1.82, 2.24) is 20.1 Å². The summed E-state index contributed by atoms with van der Waals surface area (Å²) in [6.45, 7) is 4.80. The van der Waals surface area contributed by atoms with Gasteiger partial charge in [0, 0.05) is 49.6 Å². The number of likely N-dealkylation sites (tertiary alicyclic amines) is 2. The first-order valence-corrected chi connectivity index (χ1v) is 11.6. The predicted octanol–water partition coefficient (Wildman–Crippen LogP) is 3.35. The van der Waals surface area contributed by atoms with Gasteiger partial charge in [-0.2, -0.15) is 0 Å². The van der Waals surface area contributed by atoms with Crippen molar-refractivity contribution in [1.29, 1.82) is 0 Å². The van der Waals surface area contributed by atoms with Gasteiger partial charge in [0.25, 0.3) is 5.91 Å². The summed E-state index contributed by atoms with van der Waals surface area (Å²) in [5.74, 6) is -0.165. The van der Waals surface area contributed by atoms with Crippen molar-refractivity contribution < 1.29 is 14.0 Å². The molecule has 3 heterocycles. The number of amides is 2. The molecule has 2 aliphatic heterocycles. The minimum atomic E-state index is -0.311. The van der Waals surface area contributed by atoms with Crippen molar-refractivity contribution in [3.05, 3.63) is 35.3 Å². The molecule has 2 amide bonds. The lowest BCUT2D eigenvalue weighted by atomic mass is 9.90. The summed E-state index contributed by atoms with van der Waals surface area (Å²) in [7, 11) is 0. The van der Waals surface area contributed by atoms with E-state index in [1.165, 1.54) is 6.07 Å². The van der Waals surface area contributed by atoms with Crippen LogP contribution < -0.4 is 5.32 Å². The van der Waals surface area contributed by atoms with E-state index in [4.69, 9.17) is 0 Å². The summed E-state index contributed by atoms with van der Waals surface area (Å²) in [6, 6.07) is 5.71. The molecule has 2 N–H and O–H groups in total. The Bertz CT molecular complexity index is 964. The second-order valence-electron chi connectivity index (χ2n) is 9.45. The number of aryl methyl sites for hydroxylation is 1. The summed E-state index contributed by atoms with van der Waals surface area (Å²) >= 11 is 0. The molecular weight excluding hydrogens is 395 g/mol. The van der Waals surface area contributed by atoms with Crippen molar-refractivity contribution >= 4 is 22.7 Å². The van der Waals surface area contributed by atoms with Crippen LogP contribution in [0.2, 0.25) is 0 Å². The van der Waals surface area contributed by atoms with Crippen molar-refractivity contribution in [3.63, 3.8) is 0 Å². The minimum Gasteiger partial charge on any atom is -0.350 e. The smallest absolute Gasteiger partial charge is 0.267 e. The van der Waals surface area contributed by atoms with E-state index >= 15 is 0 Å². The summed E-state index contributed by atoms with van der Waals surface area (Å²) in [5.41, 5.74) is 2.03. The van der Waals surface area contributed by atoms with Gasteiger partial charge in [-0.05, 0) is 63.1 Å². The van der Waals surface area contributed by atoms with Crippen molar-refractivity contribution in [2.24, 2.45) is 0 Å². The number of nitrogens with zero attached hydrogens (tertiary/aromatic N) is 2. The number of aromatic amines is 1. The number of benzene rings is 1. The van der Waals surface area contributed by atoms with E-state index in [9.17, 15) is 14.0 Å². The molecule has 7 heteroatoms. The maximum Gasteiger partial charge on any atom is 0.267 e. The number of hydrogen-bond donors (Lipinski definition) is 2. The fourth-order valence-electron chi connectivity index (χ4n) is 5.75. The monoisotopic (exact) mass is 426 g/mol. The van der Waals surface area contributed by atoms with Gasteiger partial charge in [0.1, 0.15) is 11.5 Å². The molecule has 2 saturated heterocycles. The van der Waals surface area contributed by atoms with E-state index in [1.54, 1.807) is 12.1 Å². The average molecular weight is 427 g/mol. The summed E-state index contributed by atoms with van der Waals surface area (Å²) in [4.78, 5) is 32.7. The number of H-pyrrole nitrogens is 1. The molecule has 3 fully saturated rings. The zero-order chi connectivity index (χ0) is 21.5. The second-order valence-corrected chi connectivity index (χ2v) is 9.45. The highest BCUT2D eigenvalue weighted by molar-refractivity contribution is 5.99. The Kier molecular flexibility index (Phi) is 5.46. The normalized spacial score (nSPS) is 27.4. The number of nitrogens with one attached hydrogen (secondary N) is 2. The van der Waals surface area contributed by atoms with Crippen molar-refractivity contribution in [2.75, 3.05) is 19.6 Å². The lowest BCUT2D eigenvalue weighted by molar-refractivity contribution is -0.129. The first kappa shape index (κ1) is 20.5. The van der Waals surface area contributed by atoms with Gasteiger partial charge >= 0.3 is 0 Å². The minimum absolute atomic E-state index is 0.121. The Balaban J connectivity index is 1.21. The molecule has 3 aliphatic rings. The molecule has 3 atom stereocenters. The van der Waals surface area contributed by atoms with E-state index in [0.29, 0.717) is 41.0 Å². The van der Waals surface area contributed by atoms with E-state index in [0.717, 1.165) is 63.7 Å². The van der Waals surface area contributed by atoms with Crippen molar-refractivity contribution in [2.45, 2.75) is 70.0 Å². The standard InChI is InChI=1S/C24H31FN4O2/c1-15-7-8-20(25)19-13-21(27-23(15)19)24(31)26-16-4-2-5-17(12-16)28-11-9-18(14-28)29-10-3-6-22(29)30/h7-8,13,16-18,27H,2-6,9-12,14H2,1H3,(H,26,31)/t16-,17-,18?/m1/s1. The molecule has 1 aromatic carbocycles. The van der Waals surface area contributed by atoms with Crippen molar-refractivity contribution in [3.8, 4) is 0 Å². The zero-order valence-corrected chi connectivity index (χ0v) is 18.1. The third-order valence-corrected chi connectivity index (χ3v) is 7.44. The van der Waals surface area contributed by atoms with Gasteiger partial charge in [-0.1, -0.05) is 6.07 Å². The second kappa shape index (κ2) is 8.26. The van der Waals surface area contributed by atoms with Crippen LogP contribution in [0.15, 0.2) is 18.2 Å². The quantitative estimate of drug-likeness (QED) is 0.788. The maximum absolute atomic E-state index is 14.1. The van der Waals surface area contributed by atoms with Crippen LogP contribution in [0, 0.1) is 12.7 Å². The molecule has 166 valence electrons. The lowest BCUT2D eigenvalue weighted by Gasteiger charge is -2.36. The largest absolute Gasteiger partial charge is 0.350 e. The molecule has 1 aromatic heterocycles.